The zero-order valence-corrected chi connectivity index (χ0v) is 17.2. The van der Waals surface area contributed by atoms with Crippen LogP contribution < -0.4 is 15.1 Å². The minimum Gasteiger partial charge on any atom is -0.499 e. The van der Waals surface area contributed by atoms with Crippen LogP contribution in [0.3, 0.4) is 0 Å². The molecule has 0 spiro atoms. The Morgan fingerprint density at radius 3 is 2.69 bits per heavy atom. The molecule has 5 nitrogen and oxygen atoms in total. The topological polar surface area (TPSA) is 48.0 Å². The van der Waals surface area contributed by atoms with Gasteiger partial charge in [0, 0.05) is 32.2 Å². The number of likely N-dealkylation sites (N-methyl/N-ethyl adjacent to an activating group) is 1. The normalized spacial score (nSPS) is 14.8. The van der Waals surface area contributed by atoms with Gasteiger partial charge in [-0.25, -0.2) is 0 Å². The van der Waals surface area contributed by atoms with E-state index in [2.05, 4.69) is 53.9 Å². The first kappa shape index (κ1) is 22.2. The van der Waals surface area contributed by atoms with Crippen LogP contribution in [-0.4, -0.2) is 44.6 Å². The average Bonchev–Trinajstić information content (AvgIpc) is 2.97. The van der Waals surface area contributed by atoms with E-state index < -0.39 is 0 Å². The average molecular weight is 364 g/mol. The van der Waals surface area contributed by atoms with Gasteiger partial charge in [0.05, 0.1) is 36.5 Å². The third kappa shape index (κ3) is 5.84. The van der Waals surface area contributed by atoms with Gasteiger partial charge in [-0.2, -0.15) is 0 Å². The van der Waals surface area contributed by atoms with Crippen molar-refractivity contribution in [1.29, 1.82) is 0 Å². The number of nitrogens with zero attached hydrogens (tertiary/aromatic N) is 2. The van der Waals surface area contributed by atoms with Crippen molar-refractivity contribution in [2.75, 3.05) is 48.5 Å². The van der Waals surface area contributed by atoms with Gasteiger partial charge in [-0.15, -0.1) is 0 Å². The van der Waals surface area contributed by atoms with Gasteiger partial charge >= 0.3 is 0 Å². The van der Waals surface area contributed by atoms with Crippen LogP contribution in [0.5, 0.6) is 0 Å². The van der Waals surface area contributed by atoms with E-state index in [1.165, 1.54) is 11.4 Å². The summed E-state index contributed by atoms with van der Waals surface area (Å²) in [4.78, 5) is 4.48. The fourth-order valence-electron chi connectivity index (χ4n) is 3.21. The molecule has 1 aromatic rings. The number of benzene rings is 1. The number of fused-ring (bicyclic) bond motifs is 1. The van der Waals surface area contributed by atoms with Crippen molar-refractivity contribution >= 4 is 17.1 Å². The largest absolute Gasteiger partial charge is 0.499 e. The highest BCUT2D eigenvalue weighted by Crippen LogP contribution is 2.37. The van der Waals surface area contributed by atoms with E-state index in [-0.39, 0.29) is 6.61 Å². The van der Waals surface area contributed by atoms with Gasteiger partial charge in [-0.1, -0.05) is 20.4 Å². The van der Waals surface area contributed by atoms with Crippen LogP contribution in [0.1, 0.15) is 47.0 Å². The number of aliphatic hydroxyl groups is 1. The fourth-order valence-corrected chi connectivity index (χ4v) is 3.21. The summed E-state index contributed by atoms with van der Waals surface area (Å²) in [6, 6.07) is 6.48. The Labute approximate surface area is 159 Å². The van der Waals surface area contributed by atoms with E-state index >= 15 is 0 Å². The number of hydrogen-bond donors (Lipinski definition) is 2. The van der Waals surface area contributed by atoms with Crippen LogP contribution in [0, 0.1) is 0 Å². The summed E-state index contributed by atoms with van der Waals surface area (Å²) in [5, 5.41) is 12.8. The van der Waals surface area contributed by atoms with Gasteiger partial charge < -0.3 is 25.0 Å². The SMILES string of the molecule is C=C(CCCC1Nc2cc(N(CC)CCO)ccc2N1C)OCC.CC. The molecule has 148 valence electrons. The molecule has 0 saturated heterocycles. The summed E-state index contributed by atoms with van der Waals surface area (Å²) in [7, 11) is 2.13. The molecule has 0 aliphatic carbocycles. The Morgan fingerprint density at radius 1 is 1.35 bits per heavy atom. The van der Waals surface area contributed by atoms with Gasteiger partial charge in [0.1, 0.15) is 0 Å². The first-order valence-electron chi connectivity index (χ1n) is 9.90. The second kappa shape index (κ2) is 11.7. The zero-order chi connectivity index (χ0) is 19.5. The summed E-state index contributed by atoms with van der Waals surface area (Å²) < 4.78 is 5.42. The van der Waals surface area contributed by atoms with Crippen molar-refractivity contribution in [3.05, 3.63) is 30.5 Å². The predicted octanol–water partition coefficient (Wildman–Crippen LogP) is 4.44. The molecule has 0 bridgehead atoms. The maximum atomic E-state index is 9.20. The lowest BCUT2D eigenvalue weighted by molar-refractivity contribution is 0.218. The quantitative estimate of drug-likeness (QED) is 0.602. The lowest BCUT2D eigenvalue weighted by Crippen LogP contribution is -2.31. The van der Waals surface area contributed by atoms with E-state index in [0.29, 0.717) is 19.3 Å². The lowest BCUT2D eigenvalue weighted by Gasteiger charge is -2.23. The van der Waals surface area contributed by atoms with E-state index in [0.717, 1.165) is 37.3 Å². The van der Waals surface area contributed by atoms with Crippen molar-refractivity contribution in [1.82, 2.24) is 0 Å². The van der Waals surface area contributed by atoms with Crippen LogP contribution in [0.25, 0.3) is 0 Å². The molecule has 1 atom stereocenters. The van der Waals surface area contributed by atoms with Crippen LogP contribution in [0.15, 0.2) is 30.5 Å². The number of aliphatic hydroxyl groups excluding tert-OH is 1. The molecule has 1 aliphatic heterocycles. The first-order chi connectivity index (χ1) is 12.6. The molecule has 5 heteroatoms. The standard InChI is InChI=1S/C19H31N3O2.C2H6/c1-5-22(12-13-23)16-10-11-18-17(14-16)20-19(21(18)4)9-7-8-15(3)24-6-2;1-2/h10-11,14,19-20,23H,3,5-9,12-13H2,1-2,4H3;1-2H3. The fraction of sp³-hybridized carbons (Fsp3) is 0.619. The second-order valence-corrected chi connectivity index (χ2v) is 6.14. The zero-order valence-electron chi connectivity index (χ0n) is 17.2. The van der Waals surface area contributed by atoms with Gasteiger partial charge in [-0.3, -0.25) is 0 Å². The maximum Gasteiger partial charge on any atom is 0.0988 e. The Balaban J connectivity index is 0.00000163. The van der Waals surface area contributed by atoms with Crippen molar-refractivity contribution in [2.45, 2.75) is 53.1 Å². The van der Waals surface area contributed by atoms with Crippen molar-refractivity contribution < 1.29 is 9.84 Å². The third-order valence-electron chi connectivity index (χ3n) is 4.55. The number of hydrogen-bond acceptors (Lipinski definition) is 5. The van der Waals surface area contributed by atoms with E-state index in [1.807, 2.05) is 20.8 Å². The minimum absolute atomic E-state index is 0.171. The Hall–Kier alpha value is -1.88. The summed E-state index contributed by atoms with van der Waals surface area (Å²) >= 11 is 0. The summed E-state index contributed by atoms with van der Waals surface area (Å²) in [6.45, 7) is 14.4. The molecule has 0 aromatic heterocycles. The van der Waals surface area contributed by atoms with E-state index in [9.17, 15) is 5.11 Å². The molecule has 1 aliphatic rings. The predicted molar refractivity (Wildman–Crippen MR) is 113 cm³/mol. The van der Waals surface area contributed by atoms with E-state index in [4.69, 9.17) is 4.74 Å². The molecule has 0 radical (unpaired) electrons. The van der Waals surface area contributed by atoms with Crippen LogP contribution in [-0.2, 0) is 4.74 Å². The Kier molecular flexibility index (Phi) is 9.96. The second-order valence-electron chi connectivity index (χ2n) is 6.14. The summed E-state index contributed by atoms with van der Waals surface area (Å²) in [5.74, 6) is 0.876. The van der Waals surface area contributed by atoms with Crippen molar-refractivity contribution in [2.24, 2.45) is 0 Å². The molecule has 2 rings (SSSR count). The molecule has 26 heavy (non-hydrogen) atoms. The first-order valence-corrected chi connectivity index (χ1v) is 9.90. The monoisotopic (exact) mass is 363 g/mol. The maximum absolute atomic E-state index is 9.20. The lowest BCUT2D eigenvalue weighted by atomic mass is 10.2. The number of ether oxygens (including phenoxy) is 1. The van der Waals surface area contributed by atoms with Gasteiger partial charge in [0.15, 0.2) is 0 Å². The third-order valence-corrected chi connectivity index (χ3v) is 4.55. The van der Waals surface area contributed by atoms with Crippen LogP contribution >= 0.6 is 0 Å². The number of allylic oxidation sites excluding steroid dienone is 1. The minimum atomic E-state index is 0.171. The highest BCUT2D eigenvalue weighted by atomic mass is 16.5. The van der Waals surface area contributed by atoms with Crippen LogP contribution in [0.4, 0.5) is 17.1 Å². The molecular weight excluding hydrogens is 326 g/mol. The molecule has 1 aromatic carbocycles. The Bertz CT molecular complexity index is 548. The highest BCUT2D eigenvalue weighted by molar-refractivity contribution is 5.79. The van der Waals surface area contributed by atoms with E-state index in [1.54, 1.807) is 0 Å². The Morgan fingerprint density at radius 2 is 2.08 bits per heavy atom. The van der Waals surface area contributed by atoms with Gasteiger partial charge in [-0.05, 0) is 44.9 Å². The van der Waals surface area contributed by atoms with Crippen LogP contribution in [0.2, 0.25) is 0 Å². The molecule has 0 amide bonds. The van der Waals surface area contributed by atoms with Gasteiger partial charge in [0.25, 0.3) is 0 Å². The smallest absolute Gasteiger partial charge is 0.0988 e. The molecule has 1 unspecified atom stereocenters. The van der Waals surface area contributed by atoms with Crippen molar-refractivity contribution in [3.63, 3.8) is 0 Å². The van der Waals surface area contributed by atoms with Gasteiger partial charge in [0.2, 0.25) is 0 Å². The summed E-state index contributed by atoms with van der Waals surface area (Å²) in [5.41, 5.74) is 3.55. The van der Waals surface area contributed by atoms with Crippen molar-refractivity contribution in [3.8, 4) is 0 Å². The molecule has 2 N–H and O–H groups in total. The molecule has 0 fully saturated rings. The number of anilines is 3. The number of rotatable bonds is 10. The molecular formula is C21H37N3O2. The highest BCUT2D eigenvalue weighted by Gasteiger charge is 2.25. The molecule has 0 saturated carbocycles. The summed E-state index contributed by atoms with van der Waals surface area (Å²) in [6.07, 6.45) is 3.30. The molecule has 1 heterocycles. The number of nitrogens with one attached hydrogen (secondary N) is 1.